The molecule has 0 saturated carbocycles. The molecule has 0 aliphatic rings. The average molecular weight is 210 g/mol. The molecule has 0 spiro atoms. The second-order valence-corrected chi connectivity index (χ2v) is 3.44. The molecular weight excluding hydrogens is 192 g/mol. The fourth-order valence-corrected chi connectivity index (χ4v) is 1.24. The lowest BCUT2D eigenvalue weighted by Crippen LogP contribution is -2.33. The Morgan fingerprint density at radius 1 is 1.60 bits per heavy atom. The first kappa shape index (κ1) is 11.7. The van der Waals surface area contributed by atoms with E-state index >= 15 is 0 Å². The molecule has 0 unspecified atom stereocenters. The number of rotatable bonds is 6. The highest BCUT2D eigenvalue weighted by molar-refractivity contribution is 5.75. The first-order valence-electron chi connectivity index (χ1n) is 5.10. The Kier molecular flexibility index (Phi) is 4.83. The minimum absolute atomic E-state index is 0.153. The van der Waals surface area contributed by atoms with Gasteiger partial charge in [-0.2, -0.15) is 5.10 Å². The number of carbonyl (C=O) groups excluding carboxylic acids is 1. The highest BCUT2D eigenvalue weighted by atomic mass is 16.2. The quantitative estimate of drug-likeness (QED) is 0.716. The average Bonchev–Trinajstić information content (AvgIpc) is 2.75. The van der Waals surface area contributed by atoms with Crippen molar-refractivity contribution in [1.29, 1.82) is 0 Å². The summed E-state index contributed by atoms with van der Waals surface area (Å²) in [6.45, 7) is 2.22. The number of amides is 1. The summed E-state index contributed by atoms with van der Waals surface area (Å²) in [5.41, 5.74) is 0. The molecule has 0 atom stereocenters. The van der Waals surface area contributed by atoms with E-state index < -0.39 is 0 Å². The molecular formula is C10H18N4O. The van der Waals surface area contributed by atoms with Gasteiger partial charge in [0.15, 0.2) is 0 Å². The van der Waals surface area contributed by atoms with E-state index in [1.807, 2.05) is 26.4 Å². The molecule has 1 rings (SSSR count). The summed E-state index contributed by atoms with van der Waals surface area (Å²) in [5.74, 6) is 0.153. The molecule has 5 nitrogen and oxygen atoms in total. The van der Waals surface area contributed by atoms with Crippen molar-refractivity contribution in [3.63, 3.8) is 0 Å². The van der Waals surface area contributed by atoms with Crippen LogP contribution in [0.4, 0.5) is 0 Å². The molecule has 0 saturated heterocycles. The Balaban J connectivity index is 2.23. The zero-order valence-electron chi connectivity index (χ0n) is 9.31. The number of carbonyl (C=O) groups is 1. The smallest absolute Gasteiger partial charge is 0.224 e. The van der Waals surface area contributed by atoms with Gasteiger partial charge >= 0.3 is 0 Å². The summed E-state index contributed by atoms with van der Waals surface area (Å²) in [7, 11) is 3.70. The summed E-state index contributed by atoms with van der Waals surface area (Å²) >= 11 is 0. The molecule has 5 heteroatoms. The minimum atomic E-state index is 0.153. The summed E-state index contributed by atoms with van der Waals surface area (Å²) in [5, 5.41) is 7.05. The van der Waals surface area contributed by atoms with Gasteiger partial charge in [0, 0.05) is 45.5 Å². The molecule has 1 aromatic heterocycles. The maximum Gasteiger partial charge on any atom is 0.224 e. The van der Waals surface area contributed by atoms with Gasteiger partial charge in [0.25, 0.3) is 0 Å². The van der Waals surface area contributed by atoms with E-state index in [0.717, 1.165) is 13.1 Å². The SMILES string of the molecule is CNCCN(C)C(=O)CCn1cccn1. The molecule has 1 heterocycles. The molecule has 1 N–H and O–H groups in total. The van der Waals surface area contributed by atoms with Crippen molar-refractivity contribution in [1.82, 2.24) is 20.0 Å². The van der Waals surface area contributed by atoms with Crippen molar-refractivity contribution in [2.45, 2.75) is 13.0 Å². The fraction of sp³-hybridized carbons (Fsp3) is 0.600. The van der Waals surface area contributed by atoms with Gasteiger partial charge in [-0.3, -0.25) is 9.48 Å². The number of likely N-dealkylation sites (N-methyl/N-ethyl adjacent to an activating group) is 2. The molecule has 84 valence electrons. The van der Waals surface area contributed by atoms with E-state index in [9.17, 15) is 4.79 Å². The minimum Gasteiger partial charge on any atom is -0.344 e. The van der Waals surface area contributed by atoms with Crippen LogP contribution in [0.3, 0.4) is 0 Å². The van der Waals surface area contributed by atoms with Crippen LogP contribution in [-0.2, 0) is 11.3 Å². The highest BCUT2D eigenvalue weighted by Gasteiger charge is 2.07. The third kappa shape index (κ3) is 4.12. The van der Waals surface area contributed by atoms with Crippen LogP contribution >= 0.6 is 0 Å². The molecule has 0 fully saturated rings. The number of aryl methyl sites for hydroxylation is 1. The van der Waals surface area contributed by atoms with Crippen LogP contribution < -0.4 is 5.32 Å². The van der Waals surface area contributed by atoms with Crippen LogP contribution in [0, 0.1) is 0 Å². The Bertz CT molecular complexity index is 284. The Morgan fingerprint density at radius 2 is 2.40 bits per heavy atom. The van der Waals surface area contributed by atoms with E-state index in [0.29, 0.717) is 13.0 Å². The summed E-state index contributed by atoms with van der Waals surface area (Å²) in [6, 6.07) is 1.86. The second kappa shape index (κ2) is 6.19. The second-order valence-electron chi connectivity index (χ2n) is 3.44. The van der Waals surface area contributed by atoms with Gasteiger partial charge in [0.1, 0.15) is 0 Å². The van der Waals surface area contributed by atoms with Crippen LogP contribution in [0.15, 0.2) is 18.5 Å². The van der Waals surface area contributed by atoms with Gasteiger partial charge in [-0.1, -0.05) is 0 Å². The lowest BCUT2D eigenvalue weighted by Gasteiger charge is -2.16. The molecule has 0 aliphatic carbocycles. The van der Waals surface area contributed by atoms with Gasteiger partial charge in [-0.15, -0.1) is 0 Å². The van der Waals surface area contributed by atoms with Crippen molar-refractivity contribution in [3.8, 4) is 0 Å². The Hall–Kier alpha value is -1.36. The monoisotopic (exact) mass is 210 g/mol. The van der Waals surface area contributed by atoms with Crippen LogP contribution in [0.5, 0.6) is 0 Å². The van der Waals surface area contributed by atoms with Gasteiger partial charge in [-0.25, -0.2) is 0 Å². The lowest BCUT2D eigenvalue weighted by atomic mass is 10.3. The van der Waals surface area contributed by atoms with Crippen molar-refractivity contribution < 1.29 is 4.79 Å². The molecule has 0 bridgehead atoms. The summed E-state index contributed by atoms with van der Waals surface area (Å²) < 4.78 is 1.77. The number of hydrogen-bond donors (Lipinski definition) is 1. The lowest BCUT2D eigenvalue weighted by molar-refractivity contribution is -0.130. The van der Waals surface area contributed by atoms with Crippen molar-refractivity contribution in [2.75, 3.05) is 27.2 Å². The normalized spacial score (nSPS) is 10.3. The maximum absolute atomic E-state index is 11.6. The van der Waals surface area contributed by atoms with E-state index in [1.165, 1.54) is 0 Å². The van der Waals surface area contributed by atoms with E-state index in [-0.39, 0.29) is 5.91 Å². The molecule has 15 heavy (non-hydrogen) atoms. The Morgan fingerprint density at radius 3 is 3.00 bits per heavy atom. The maximum atomic E-state index is 11.6. The van der Waals surface area contributed by atoms with Crippen molar-refractivity contribution in [3.05, 3.63) is 18.5 Å². The first-order chi connectivity index (χ1) is 7.24. The van der Waals surface area contributed by atoms with Crippen LogP contribution in [0.2, 0.25) is 0 Å². The topological polar surface area (TPSA) is 50.2 Å². The van der Waals surface area contributed by atoms with E-state index in [1.54, 1.807) is 15.8 Å². The van der Waals surface area contributed by atoms with Crippen LogP contribution in [0.1, 0.15) is 6.42 Å². The molecule has 0 radical (unpaired) electrons. The van der Waals surface area contributed by atoms with Crippen molar-refractivity contribution >= 4 is 5.91 Å². The molecule has 1 aromatic rings. The first-order valence-corrected chi connectivity index (χ1v) is 5.10. The number of nitrogens with one attached hydrogen (secondary N) is 1. The standard InChI is InChI=1S/C10H18N4O/c1-11-6-9-13(2)10(15)4-8-14-7-3-5-12-14/h3,5,7,11H,4,6,8-9H2,1-2H3. The number of aromatic nitrogens is 2. The zero-order chi connectivity index (χ0) is 11.1. The van der Waals surface area contributed by atoms with Gasteiger partial charge in [-0.05, 0) is 13.1 Å². The van der Waals surface area contributed by atoms with Crippen LogP contribution in [0.25, 0.3) is 0 Å². The summed E-state index contributed by atoms with van der Waals surface area (Å²) in [4.78, 5) is 13.3. The summed E-state index contributed by atoms with van der Waals surface area (Å²) in [6.07, 6.45) is 4.08. The van der Waals surface area contributed by atoms with Gasteiger partial charge in [0.05, 0.1) is 0 Å². The van der Waals surface area contributed by atoms with Gasteiger partial charge in [0.2, 0.25) is 5.91 Å². The van der Waals surface area contributed by atoms with Crippen LogP contribution in [-0.4, -0.2) is 47.8 Å². The highest BCUT2D eigenvalue weighted by Crippen LogP contribution is 1.94. The third-order valence-corrected chi connectivity index (χ3v) is 2.24. The van der Waals surface area contributed by atoms with E-state index in [4.69, 9.17) is 0 Å². The predicted octanol–water partition coefficient (Wildman–Crippen LogP) is -0.0490. The van der Waals surface area contributed by atoms with E-state index in [2.05, 4.69) is 10.4 Å². The molecule has 0 aromatic carbocycles. The fourth-order valence-electron chi connectivity index (χ4n) is 1.24. The number of nitrogens with zero attached hydrogens (tertiary/aromatic N) is 3. The Labute approximate surface area is 90.1 Å². The zero-order valence-corrected chi connectivity index (χ0v) is 9.31. The largest absolute Gasteiger partial charge is 0.344 e. The number of hydrogen-bond acceptors (Lipinski definition) is 3. The predicted molar refractivity (Wildman–Crippen MR) is 58.4 cm³/mol. The third-order valence-electron chi connectivity index (χ3n) is 2.24. The van der Waals surface area contributed by atoms with Gasteiger partial charge < -0.3 is 10.2 Å². The van der Waals surface area contributed by atoms with Crippen molar-refractivity contribution in [2.24, 2.45) is 0 Å². The molecule has 1 amide bonds. The molecule has 0 aliphatic heterocycles.